The van der Waals surface area contributed by atoms with Crippen LogP contribution in [0.2, 0.25) is 0 Å². The number of carbonyl (C=O) groups excluding carboxylic acids is 2. The molecule has 3 rings (SSSR count). The van der Waals surface area contributed by atoms with Gasteiger partial charge in [-0.25, -0.2) is 4.98 Å². The molecule has 0 radical (unpaired) electrons. The van der Waals surface area contributed by atoms with Crippen molar-refractivity contribution < 1.29 is 9.59 Å². The minimum Gasteiger partial charge on any atom is -0.352 e. The number of nitrogens with zero attached hydrogens (tertiary/aromatic N) is 2. The van der Waals surface area contributed by atoms with Gasteiger partial charge < -0.3 is 15.0 Å². The van der Waals surface area contributed by atoms with Crippen molar-refractivity contribution in [3.8, 4) is 0 Å². The van der Waals surface area contributed by atoms with Crippen molar-refractivity contribution in [2.24, 2.45) is 0 Å². The highest BCUT2D eigenvalue weighted by atomic mass is 16.2. The Labute approximate surface area is 145 Å². The Kier molecular flexibility index (Phi) is 4.79. The summed E-state index contributed by atoms with van der Waals surface area (Å²) in [6.45, 7) is 3.96. The van der Waals surface area contributed by atoms with Crippen LogP contribution >= 0.6 is 0 Å². The molecule has 0 aliphatic carbocycles. The molecule has 0 fully saturated rings. The molecule has 6 nitrogen and oxygen atoms in total. The standard InChI is InChI=1S/C19H20N4O2/c1-13-6-7-18-22-17(12-23(18)11-13)8-9-20-19(25)15-4-3-5-16(10-15)21-14(2)24/h3-7,10-12H,8-9H2,1-2H3,(H,20,25)(H,21,24). The van der Waals surface area contributed by atoms with Crippen molar-refractivity contribution in [1.82, 2.24) is 14.7 Å². The van der Waals surface area contributed by atoms with Crippen LogP contribution in [0.4, 0.5) is 5.69 Å². The number of pyridine rings is 1. The third-order valence-electron chi connectivity index (χ3n) is 3.76. The first kappa shape index (κ1) is 16.7. The van der Waals surface area contributed by atoms with Crippen molar-refractivity contribution in [3.63, 3.8) is 0 Å². The van der Waals surface area contributed by atoms with Gasteiger partial charge in [-0.15, -0.1) is 0 Å². The Morgan fingerprint density at radius 3 is 2.80 bits per heavy atom. The fraction of sp³-hybridized carbons (Fsp3) is 0.211. The molecule has 0 aliphatic heterocycles. The van der Waals surface area contributed by atoms with Gasteiger partial charge in [0.05, 0.1) is 5.69 Å². The van der Waals surface area contributed by atoms with Gasteiger partial charge in [-0.05, 0) is 36.8 Å². The van der Waals surface area contributed by atoms with Crippen molar-refractivity contribution in [1.29, 1.82) is 0 Å². The number of fused-ring (bicyclic) bond motifs is 1. The summed E-state index contributed by atoms with van der Waals surface area (Å²) >= 11 is 0. The highest BCUT2D eigenvalue weighted by Crippen LogP contribution is 2.11. The van der Waals surface area contributed by atoms with Gasteiger partial charge in [0.15, 0.2) is 0 Å². The maximum Gasteiger partial charge on any atom is 0.251 e. The van der Waals surface area contributed by atoms with Crippen LogP contribution in [0.15, 0.2) is 48.8 Å². The average molecular weight is 336 g/mol. The van der Waals surface area contributed by atoms with Crippen molar-refractivity contribution in [3.05, 3.63) is 65.6 Å². The molecule has 0 bridgehead atoms. The molecule has 0 saturated carbocycles. The molecule has 6 heteroatoms. The largest absolute Gasteiger partial charge is 0.352 e. The van der Waals surface area contributed by atoms with Gasteiger partial charge >= 0.3 is 0 Å². The highest BCUT2D eigenvalue weighted by Gasteiger charge is 2.07. The lowest BCUT2D eigenvalue weighted by molar-refractivity contribution is -0.114. The van der Waals surface area contributed by atoms with E-state index in [-0.39, 0.29) is 11.8 Å². The zero-order valence-corrected chi connectivity index (χ0v) is 14.2. The fourth-order valence-electron chi connectivity index (χ4n) is 2.62. The molecule has 3 aromatic rings. The maximum atomic E-state index is 12.2. The van der Waals surface area contributed by atoms with Gasteiger partial charge in [0.2, 0.25) is 5.91 Å². The molecule has 0 aliphatic rings. The molecule has 2 aromatic heterocycles. The summed E-state index contributed by atoms with van der Waals surface area (Å²) in [5.41, 5.74) is 4.12. The molecule has 2 heterocycles. The Bertz CT molecular complexity index is 930. The van der Waals surface area contributed by atoms with Gasteiger partial charge in [-0.2, -0.15) is 0 Å². The van der Waals surface area contributed by atoms with Crippen LogP contribution in [0.3, 0.4) is 0 Å². The molecule has 0 atom stereocenters. The van der Waals surface area contributed by atoms with Crippen molar-refractivity contribution in [2.75, 3.05) is 11.9 Å². The third kappa shape index (κ3) is 4.23. The molecule has 0 spiro atoms. The number of nitrogens with one attached hydrogen (secondary N) is 2. The van der Waals surface area contributed by atoms with Crippen LogP contribution in [0.1, 0.15) is 28.5 Å². The molecule has 128 valence electrons. The number of aryl methyl sites for hydroxylation is 1. The van der Waals surface area contributed by atoms with Crippen LogP contribution in [0, 0.1) is 6.92 Å². The minimum absolute atomic E-state index is 0.167. The number of anilines is 1. The smallest absolute Gasteiger partial charge is 0.251 e. The molecular weight excluding hydrogens is 316 g/mol. The van der Waals surface area contributed by atoms with E-state index in [9.17, 15) is 9.59 Å². The Morgan fingerprint density at radius 2 is 2.00 bits per heavy atom. The van der Waals surface area contributed by atoms with E-state index in [1.54, 1.807) is 24.3 Å². The van der Waals surface area contributed by atoms with E-state index < -0.39 is 0 Å². The SMILES string of the molecule is CC(=O)Nc1cccc(C(=O)NCCc2cn3cc(C)ccc3n2)c1. The first-order chi connectivity index (χ1) is 12.0. The van der Waals surface area contributed by atoms with Gasteiger partial charge in [0, 0.05) is 43.5 Å². The van der Waals surface area contributed by atoms with Crippen LogP contribution < -0.4 is 10.6 Å². The van der Waals surface area contributed by atoms with E-state index in [2.05, 4.69) is 15.6 Å². The average Bonchev–Trinajstić information content (AvgIpc) is 2.96. The highest BCUT2D eigenvalue weighted by molar-refractivity contribution is 5.96. The summed E-state index contributed by atoms with van der Waals surface area (Å²) in [6, 6.07) is 10.9. The Morgan fingerprint density at radius 1 is 1.16 bits per heavy atom. The molecule has 25 heavy (non-hydrogen) atoms. The summed E-state index contributed by atoms with van der Waals surface area (Å²) in [5, 5.41) is 5.55. The van der Waals surface area contributed by atoms with Crippen LogP contribution in [0.25, 0.3) is 5.65 Å². The predicted octanol–water partition coefficient (Wildman–Crippen LogP) is 2.57. The van der Waals surface area contributed by atoms with Crippen LogP contribution in [-0.2, 0) is 11.2 Å². The van der Waals surface area contributed by atoms with Crippen molar-refractivity contribution in [2.45, 2.75) is 20.3 Å². The summed E-state index contributed by atoms with van der Waals surface area (Å²) in [6.07, 6.45) is 4.65. The van der Waals surface area contributed by atoms with Crippen LogP contribution in [-0.4, -0.2) is 27.7 Å². The molecular formula is C19H20N4O2. The number of rotatable bonds is 5. The summed E-state index contributed by atoms with van der Waals surface area (Å²) in [7, 11) is 0. The number of hydrogen-bond acceptors (Lipinski definition) is 3. The summed E-state index contributed by atoms with van der Waals surface area (Å²) in [5.74, 6) is -0.341. The van der Waals surface area contributed by atoms with E-state index in [0.717, 1.165) is 11.3 Å². The van der Waals surface area contributed by atoms with Gasteiger partial charge in [0.25, 0.3) is 5.91 Å². The van der Waals surface area contributed by atoms with E-state index >= 15 is 0 Å². The maximum absolute atomic E-state index is 12.2. The van der Waals surface area contributed by atoms with E-state index in [1.807, 2.05) is 35.9 Å². The molecule has 2 N–H and O–H groups in total. The number of benzene rings is 1. The first-order valence-corrected chi connectivity index (χ1v) is 8.11. The second kappa shape index (κ2) is 7.17. The minimum atomic E-state index is -0.174. The Hall–Kier alpha value is -3.15. The van der Waals surface area contributed by atoms with E-state index in [0.29, 0.717) is 24.2 Å². The lowest BCUT2D eigenvalue weighted by atomic mass is 10.2. The topological polar surface area (TPSA) is 75.5 Å². The van der Waals surface area contributed by atoms with E-state index in [1.165, 1.54) is 12.5 Å². The normalized spacial score (nSPS) is 10.6. The molecule has 2 amide bonds. The third-order valence-corrected chi connectivity index (χ3v) is 3.76. The quantitative estimate of drug-likeness (QED) is 0.752. The Balaban J connectivity index is 1.59. The van der Waals surface area contributed by atoms with E-state index in [4.69, 9.17) is 0 Å². The number of hydrogen-bond donors (Lipinski definition) is 2. The monoisotopic (exact) mass is 336 g/mol. The number of amides is 2. The zero-order chi connectivity index (χ0) is 17.8. The second-order valence-corrected chi connectivity index (χ2v) is 5.97. The number of carbonyl (C=O) groups is 2. The zero-order valence-electron chi connectivity index (χ0n) is 14.2. The van der Waals surface area contributed by atoms with Gasteiger partial charge in [-0.1, -0.05) is 12.1 Å². The molecule has 1 aromatic carbocycles. The fourth-order valence-corrected chi connectivity index (χ4v) is 2.62. The summed E-state index contributed by atoms with van der Waals surface area (Å²) < 4.78 is 1.99. The first-order valence-electron chi connectivity index (χ1n) is 8.11. The predicted molar refractivity (Wildman–Crippen MR) is 96.7 cm³/mol. The van der Waals surface area contributed by atoms with Crippen molar-refractivity contribution >= 4 is 23.1 Å². The second-order valence-electron chi connectivity index (χ2n) is 5.97. The summed E-state index contributed by atoms with van der Waals surface area (Å²) in [4.78, 5) is 27.9. The van der Waals surface area contributed by atoms with Crippen LogP contribution in [0.5, 0.6) is 0 Å². The molecule has 0 unspecified atom stereocenters. The number of imidazole rings is 1. The lowest BCUT2D eigenvalue weighted by Gasteiger charge is -2.06. The lowest BCUT2D eigenvalue weighted by Crippen LogP contribution is -2.25. The molecule has 0 saturated heterocycles. The number of aromatic nitrogens is 2. The van der Waals surface area contributed by atoms with Gasteiger partial charge in [0.1, 0.15) is 5.65 Å². The van der Waals surface area contributed by atoms with Gasteiger partial charge in [-0.3, -0.25) is 9.59 Å².